The van der Waals surface area contributed by atoms with Gasteiger partial charge in [-0.2, -0.15) is 0 Å². The maximum absolute atomic E-state index is 14.5. The Bertz CT molecular complexity index is 967. The van der Waals surface area contributed by atoms with Crippen molar-refractivity contribution in [3.8, 4) is 0 Å². The molecule has 1 N–H and O–H groups in total. The molecule has 2 fully saturated rings. The number of fused-ring (bicyclic) bond motifs is 2. The lowest BCUT2D eigenvalue weighted by molar-refractivity contribution is 0.0955. The molecule has 3 nitrogen and oxygen atoms in total. The summed E-state index contributed by atoms with van der Waals surface area (Å²) in [4.78, 5) is 15.2. The topological polar surface area (TPSA) is 32.3 Å². The number of nitrogens with zero attached hydrogens (tertiary/aromatic N) is 1. The Labute approximate surface area is 167 Å². The van der Waals surface area contributed by atoms with Crippen LogP contribution in [0.2, 0.25) is 0 Å². The lowest BCUT2D eigenvalue weighted by Gasteiger charge is -2.42. The van der Waals surface area contributed by atoms with Crippen molar-refractivity contribution in [1.29, 1.82) is 0 Å². The summed E-state index contributed by atoms with van der Waals surface area (Å²) in [7, 11) is 0. The van der Waals surface area contributed by atoms with Crippen LogP contribution in [0.25, 0.3) is 0 Å². The van der Waals surface area contributed by atoms with Crippen LogP contribution in [0.3, 0.4) is 0 Å². The number of carbonyl (C=O) groups excluding carboxylic acids is 1. The zero-order valence-corrected chi connectivity index (χ0v) is 16.1. The number of halogens is 3. The summed E-state index contributed by atoms with van der Waals surface area (Å²) in [5.74, 6) is -1.74. The Balaban J connectivity index is 1.66. The summed E-state index contributed by atoms with van der Waals surface area (Å²) < 4.78 is 42.5. The zero-order chi connectivity index (χ0) is 20.2. The minimum Gasteiger partial charge on any atom is -0.317 e. The molecular weight excluding hydrogens is 377 g/mol. The molecule has 0 radical (unpaired) electrons. The smallest absolute Gasteiger partial charge is 0.261 e. The van der Waals surface area contributed by atoms with Crippen LogP contribution in [-0.4, -0.2) is 25.0 Å². The van der Waals surface area contributed by atoms with Gasteiger partial charge in [-0.1, -0.05) is 12.8 Å². The fraction of sp³-hybridized carbons (Fsp3) is 0.435. The van der Waals surface area contributed by atoms with Gasteiger partial charge in [0.25, 0.3) is 5.91 Å². The Morgan fingerprint density at radius 2 is 1.72 bits per heavy atom. The summed E-state index contributed by atoms with van der Waals surface area (Å²) in [6, 6.07) is 7.28. The van der Waals surface area contributed by atoms with Crippen LogP contribution in [-0.2, 0) is 5.41 Å². The Kier molecular flexibility index (Phi) is 4.42. The molecular formula is C23H23F3N2O. The summed E-state index contributed by atoms with van der Waals surface area (Å²) in [5.41, 5.74) is 0.833. The van der Waals surface area contributed by atoms with Gasteiger partial charge in [-0.25, -0.2) is 13.2 Å². The second kappa shape index (κ2) is 6.87. The third-order valence-corrected chi connectivity index (χ3v) is 6.83. The number of hydrogen-bond acceptors (Lipinski definition) is 2. The number of benzene rings is 2. The molecule has 0 aromatic heterocycles. The Hall–Kier alpha value is -2.34. The highest BCUT2D eigenvalue weighted by Gasteiger charge is 2.54. The van der Waals surface area contributed by atoms with Gasteiger partial charge >= 0.3 is 0 Å². The molecule has 2 heterocycles. The van der Waals surface area contributed by atoms with Crippen LogP contribution < -0.4 is 10.2 Å². The second-order valence-corrected chi connectivity index (χ2v) is 8.56. The van der Waals surface area contributed by atoms with Gasteiger partial charge in [0.1, 0.15) is 17.5 Å². The third kappa shape index (κ3) is 3.05. The first kappa shape index (κ1) is 18.7. The van der Waals surface area contributed by atoms with Crippen molar-refractivity contribution in [2.75, 3.05) is 18.0 Å². The number of piperidine rings is 1. The quantitative estimate of drug-likeness (QED) is 0.820. The monoisotopic (exact) mass is 400 g/mol. The molecule has 5 rings (SSSR count). The molecule has 0 bridgehead atoms. The third-order valence-electron chi connectivity index (χ3n) is 6.83. The average Bonchev–Trinajstić information content (AvgIpc) is 3.51. The molecule has 6 heteroatoms. The summed E-state index contributed by atoms with van der Waals surface area (Å²) in [6.45, 7) is 1.57. The minimum absolute atomic E-state index is 0.177. The first-order valence-corrected chi connectivity index (χ1v) is 10.3. The molecule has 1 unspecified atom stereocenters. The summed E-state index contributed by atoms with van der Waals surface area (Å²) in [5, 5.41) is 3.36. The van der Waals surface area contributed by atoms with E-state index in [1.807, 2.05) is 0 Å². The van der Waals surface area contributed by atoms with E-state index in [4.69, 9.17) is 0 Å². The van der Waals surface area contributed by atoms with Gasteiger partial charge in [-0.05, 0) is 80.2 Å². The molecule has 1 saturated carbocycles. The van der Waals surface area contributed by atoms with Crippen molar-refractivity contribution in [1.82, 2.24) is 5.32 Å². The predicted molar refractivity (Wildman–Crippen MR) is 104 cm³/mol. The van der Waals surface area contributed by atoms with Crippen molar-refractivity contribution >= 4 is 11.6 Å². The predicted octanol–water partition coefficient (Wildman–Crippen LogP) is 4.55. The van der Waals surface area contributed by atoms with Crippen molar-refractivity contribution in [3.63, 3.8) is 0 Å². The molecule has 152 valence electrons. The SMILES string of the molecule is O=C(c1cc(F)ccc1F)N1c2ccc(F)cc2C2(CCNCC2)C1CC1CC1. The molecule has 29 heavy (non-hydrogen) atoms. The second-order valence-electron chi connectivity index (χ2n) is 8.56. The van der Waals surface area contributed by atoms with Crippen LogP contribution >= 0.6 is 0 Å². The highest BCUT2D eigenvalue weighted by molar-refractivity contribution is 6.08. The standard InChI is InChI=1S/C23H23F3N2O/c24-15-3-5-19(26)17(12-15)22(29)28-20-6-4-16(25)13-18(20)23(7-9-27-10-8-23)21(28)11-14-1-2-14/h3-6,12-14,21,27H,1-2,7-11H2. The van der Waals surface area contributed by atoms with Gasteiger partial charge in [0.05, 0.1) is 5.56 Å². The minimum atomic E-state index is -0.739. The van der Waals surface area contributed by atoms with Gasteiger partial charge in [-0.3, -0.25) is 4.79 Å². The molecule has 1 atom stereocenters. The molecule has 1 amide bonds. The largest absolute Gasteiger partial charge is 0.317 e. The zero-order valence-electron chi connectivity index (χ0n) is 16.1. The van der Waals surface area contributed by atoms with Crippen LogP contribution in [0, 0.1) is 23.4 Å². The Morgan fingerprint density at radius 1 is 1.03 bits per heavy atom. The van der Waals surface area contributed by atoms with Gasteiger partial charge in [0, 0.05) is 17.1 Å². The van der Waals surface area contributed by atoms with Gasteiger partial charge < -0.3 is 10.2 Å². The fourth-order valence-electron chi connectivity index (χ4n) is 5.23. The van der Waals surface area contributed by atoms with Gasteiger partial charge in [0.15, 0.2) is 0 Å². The number of nitrogens with one attached hydrogen (secondary N) is 1. The molecule has 3 aliphatic rings. The lowest BCUT2D eigenvalue weighted by Crippen LogP contribution is -2.52. The van der Waals surface area contributed by atoms with Crippen LogP contribution in [0.4, 0.5) is 18.9 Å². The molecule has 1 aliphatic carbocycles. The number of hydrogen-bond donors (Lipinski definition) is 1. The maximum atomic E-state index is 14.5. The van der Waals surface area contributed by atoms with E-state index in [-0.39, 0.29) is 22.8 Å². The Morgan fingerprint density at radius 3 is 2.45 bits per heavy atom. The molecule has 2 aromatic carbocycles. The summed E-state index contributed by atoms with van der Waals surface area (Å²) in [6.07, 6.45) is 4.61. The number of amides is 1. The summed E-state index contributed by atoms with van der Waals surface area (Å²) >= 11 is 0. The van der Waals surface area contributed by atoms with Crippen LogP contribution in [0.5, 0.6) is 0 Å². The number of anilines is 1. The molecule has 1 spiro atoms. The average molecular weight is 400 g/mol. The number of carbonyl (C=O) groups is 1. The van der Waals surface area contributed by atoms with E-state index in [0.717, 1.165) is 69.0 Å². The first-order chi connectivity index (χ1) is 14.0. The van der Waals surface area contributed by atoms with Crippen LogP contribution in [0.1, 0.15) is 48.0 Å². The van der Waals surface area contributed by atoms with Crippen molar-refractivity contribution < 1.29 is 18.0 Å². The molecule has 2 aliphatic heterocycles. The van der Waals surface area contributed by atoms with E-state index in [9.17, 15) is 18.0 Å². The van der Waals surface area contributed by atoms with E-state index >= 15 is 0 Å². The highest BCUT2D eigenvalue weighted by atomic mass is 19.1. The van der Waals surface area contributed by atoms with E-state index in [0.29, 0.717) is 11.6 Å². The van der Waals surface area contributed by atoms with E-state index in [2.05, 4.69) is 5.32 Å². The van der Waals surface area contributed by atoms with Gasteiger partial charge in [-0.15, -0.1) is 0 Å². The highest BCUT2D eigenvalue weighted by Crippen LogP contribution is 2.54. The van der Waals surface area contributed by atoms with Crippen molar-refractivity contribution in [3.05, 3.63) is 65.0 Å². The van der Waals surface area contributed by atoms with E-state index in [1.54, 1.807) is 11.0 Å². The number of rotatable bonds is 3. The van der Waals surface area contributed by atoms with Crippen molar-refractivity contribution in [2.45, 2.75) is 43.6 Å². The van der Waals surface area contributed by atoms with E-state index in [1.165, 1.54) is 12.1 Å². The maximum Gasteiger partial charge on any atom is 0.261 e. The normalized spacial score (nSPS) is 22.7. The van der Waals surface area contributed by atoms with Crippen molar-refractivity contribution in [2.24, 2.45) is 5.92 Å². The molecule has 2 aromatic rings. The fourth-order valence-corrected chi connectivity index (χ4v) is 5.23. The first-order valence-electron chi connectivity index (χ1n) is 10.3. The van der Waals surface area contributed by atoms with Crippen LogP contribution in [0.15, 0.2) is 36.4 Å². The lowest BCUT2D eigenvalue weighted by atomic mass is 9.68. The molecule has 1 saturated heterocycles. The van der Waals surface area contributed by atoms with E-state index < -0.39 is 17.5 Å². The van der Waals surface area contributed by atoms with Gasteiger partial charge in [0.2, 0.25) is 0 Å².